The van der Waals surface area contributed by atoms with Crippen molar-refractivity contribution in [2.75, 3.05) is 11.9 Å². The number of unbranched alkanes of at least 4 members (excludes halogenated alkanes) is 1. The second kappa shape index (κ2) is 11.5. The number of halogens is 1. The van der Waals surface area contributed by atoms with E-state index in [1.165, 1.54) is 0 Å². The summed E-state index contributed by atoms with van der Waals surface area (Å²) in [6.07, 6.45) is 5.41. The number of rotatable bonds is 8. The molecule has 0 radical (unpaired) electrons. The van der Waals surface area contributed by atoms with E-state index in [-0.39, 0.29) is 17.0 Å². The summed E-state index contributed by atoms with van der Waals surface area (Å²) in [6, 6.07) is 13.9. The number of anilines is 1. The number of hydrogen-bond donors (Lipinski definition) is 2. The number of nitrogens with zero attached hydrogens (tertiary/aromatic N) is 2. The topological polar surface area (TPSA) is 85.3 Å². The molecule has 1 heterocycles. The molecule has 166 valence electrons. The number of aromatic nitrogens is 2. The zero-order chi connectivity index (χ0) is 22.9. The van der Waals surface area contributed by atoms with Crippen molar-refractivity contribution in [3.05, 3.63) is 82.1 Å². The van der Waals surface area contributed by atoms with E-state index in [2.05, 4.69) is 31.7 Å². The molecule has 0 saturated carbocycles. The van der Waals surface area contributed by atoms with Gasteiger partial charge in [0.05, 0.1) is 29.4 Å². The lowest BCUT2D eigenvalue weighted by atomic mass is 10.1. The highest BCUT2D eigenvalue weighted by atomic mass is 79.9. The fourth-order valence-electron chi connectivity index (χ4n) is 2.79. The van der Waals surface area contributed by atoms with E-state index in [0.29, 0.717) is 30.0 Å². The number of carbonyl (C=O) groups excluding carboxylic acids is 2. The van der Waals surface area contributed by atoms with Gasteiger partial charge in [-0.25, -0.2) is 4.79 Å². The minimum Gasteiger partial charge on any atom is -0.462 e. The molecule has 0 fully saturated rings. The Hall–Kier alpha value is -3.04. The standard InChI is InChI=1S/C23H23BrN4O3S/c1-2-3-12-31-22(30)18-8-10-20(11-9-18)26-23(32)27-21(29)17-6-4-16(5-7-17)14-28-15-19(24)13-25-28/h4-11,13,15H,2-3,12,14H2,1H3,(H2,26,27,29,32). The Kier molecular flexibility index (Phi) is 8.52. The lowest BCUT2D eigenvalue weighted by Crippen LogP contribution is -2.34. The Bertz CT molecular complexity index is 1080. The maximum atomic E-state index is 12.5. The number of amides is 1. The third-order valence-electron chi connectivity index (χ3n) is 4.50. The highest BCUT2D eigenvalue weighted by molar-refractivity contribution is 9.10. The third-order valence-corrected chi connectivity index (χ3v) is 5.11. The Morgan fingerprint density at radius 2 is 1.78 bits per heavy atom. The first-order valence-corrected chi connectivity index (χ1v) is 11.3. The summed E-state index contributed by atoms with van der Waals surface area (Å²) in [5, 5.41) is 9.98. The molecule has 7 nitrogen and oxygen atoms in total. The van der Waals surface area contributed by atoms with Crippen LogP contribution in [0.15, 0.2) is 65.4 Å². The lowest BCUT2D eigenvalue weighted by Gasteiger charge is -2.11. The Morgan fingerprint density at radius 3 is 2.41 bits per heavy atom. The molecule has 0 spiro atoms. The maximum Gasteiger partial charge on any atom is 0.338 e. The van der Waals surface area contributed by atoms with Crippen LogP contribution >= 0.6 is 28.1 Å². The van der Waals surface area contributed by atoms with Crippen LogP contribution in [0.3, 0.4) is 0 Å². The van der Waals surface area contributed by atoms with Gasteiger partial charge in [-0.3, -0.25) is 14.8 Å². The van der Waals surface area contributed by atoms with Gasteiger partial charge in [-0.05, 0) is 76.5 Å². The molecular weight excluding hydrogens is 492 g/mol. The number of esters is 1. The monoisotopic (exact) mass is 514 g/mol. The normalized spacial score (nSPS) is 10.4. The molecule has 0 unspecified atom stereocenters. The molecule has 2 N–H and O–H groups in total. The molecule has 0 bridgehead atoms. The van der Waals surface area contributed by atoms with Crippen LogP contribution in [0, 0.1) is 0 Å². The summed E-state index contributed by atoms with van der Waals surface area (Å²) in [5.41, 5.74) is 2.63. The number of nitrogens with one attached hydrogen (secondary N) is 2. The van der Waals surface area contributed by atoms with Gasteiger partial charge in [-0.15, -0.1) is 0 Å². The van der Waals surface area contributed by atoms with E-state index < -0.39 is 0 Å². The van der Waals surface area contributed by atoms with Crippen LogP contribution in [-0.2, 0) is 11.3 Å². The second-order valence-electron chi connectivity index (χ2n) is 7.03. The van der Waals surface area contributed by atoms with Gasteiger partial charge in [0.2, 0.25) is 0 Å². The van der Waals surface area contributed by atoms with Gasteiger partial charge >= 0.3 is 5.97 Å². The molecular formula is C23H23BrN4O3S. The zero-order valence-electron chi connectivity index (χ0n) is 17.5. The van der Waals surface area contributed by atoms with E-state index in [9.17, 15) is 9.59 Å². The summed E-state index contributed by atoms with van der Waals surface area (Å²) in [5.74, 6) is -0.670. The number of hydrogen-bond acceptors (Lipinski definition) is 5. The Labute approximate surface area is 200 Å². The van der Waals surface area contributed by atoms with Crippen LogP contribution in [0.5, 0.6) is 0 Å². The average Bonchev–Trinajstić information content (AvgIpc) is 3.19. The SMILES string of the molecule is CCCCOC(=O)c1ccc(NC(=S)NC(=O)c2ccc(Cn3cc(Br)cn3)cc2)cc1. The first-order chi connectivity index (χ1) is 15.4. The highest BCUT2D eigenvalue weighted by Gasteiger charge is 2.10. The van der Waals surface area contributed by atoms with Crippen molar-refractivity contribution in [3.63, 3.8) is 0 Å². The van der Waals surface area contributed by atoms with E-state index >= 15 is 0 Å². The fraction of sp³-hybridized carbons (Fsp3) is 0.217. The van der Waals surface area contributed by atoms with Gasteiger partial charge in [-0.2, -0.15) is 5.10 Å². The van der Waals surface area contributed by atoms with Crippen LogP contribution in [0.1, 0.15) is 46.0 Å². The molecule has 3 aromatic rings. The smallest absolute Gasteiger partial charge is 0.338 e. The van der Waals surface area contributed by atoms with Crippen molar-refractivity contribution in [1.29, 1.82) is 0 Å². The minimum absolute atomic E-state index is 0.166. The first kappa shape index (κ1) is 23.6. The van der Waals surface area contributed by atoms with Gasteiger partial charge < -0.3 is 10.1 Å². The van der Waals surface area contributed by atoms with E-state index in [1.54, 1.807) is 47.3 Å². The van der Waals surface area contributed by atoms with Gasteiger partial charge in [0.25, 0.3) is 5.91 Å². The number of thiocarbonyl (C=S) groups is 1. The zero-order valence-corrected chi connectivity index (χ0v) is 19.9. The second-order valence-corrected chi connectivity index (χ2v) is 8.35. The van der Waals surface area contributed by atoms with Crippen molar-refractivity contribution >= 4 is 50.8 Å². The molecule has 0 saturated heterocycles. The molecule has 1 aromatic heterocycles. The van der Waals surface area contributed by atoms with Gasteiger partial charge in [-0.1, -0.05) is 25.5 Å². The molecule has 1 amide bonds. The van der Waals surface area contributed by atoms with Crippen LogP contribution in [0.25, 0.3) is 0 Å². The van der Waals surface area contributed by atoms with Crippen molar-refractivity contribution in [1.82, 2.24) is 15.1 Å². The highest BCUT2D eigenvalue weighted by Crippen LogP contribution is 2.12. The number of benzene rings is 2. The van der Waals surface area contributed by atoms with Gasteiger partial charge in [0.15, 0.2) is 5.11 Å². The number of ether oxygens (including phenoxy) is 1. The average molecular weight is 515 g/mol. The van der Waals surface area contributed by atoms with Crippen molar-refractivity contribution in [2.24, 2.45) is 0 Å². The van der Waals surface area contributed by atoms with Crippen molar-refractivity contribution in [3.8, 4) is 0 Å². The van der Waals surface area contributed by atoms with Gasteiger partial charge in [0.1, 0.15) is 0 Å². The van der Waals surface area contributed by atoms with Crippen LogP contribution in [0.2, 0.25) is 0 Å². The molecule has 2 aromatic carbocycles. The molecule has 0 aliphatic carbocycles. The van der Waals surface area contributed by atoms with Crippen LogP contribution in [0.4, 0.5) is 5.69 Å². The summed E-state index contributed by atoms with van der Waals surface area (Å²) >= 11 is 8.60. The summed E-state index contributed by atoms with van der Waals surface area (Å²) in [7, 11) is 0. The maximum absolute atomic E-state index is 12.5. The minimum atomic E-state index is -0.357. The van der Waals surface area contributed by atoms with Crippen LogP contribution < -0.4 is 10.6 Å². The lowest BCUT2D eigenvalue weighted by molar-refractivity contribution is 0.0499. The third kappa shape index (κ3) is 7.00. The quantitative estimate of drug-likeness (QED) is 0.255. The summed E-state index contributed by atoms with van der Waals surface area (Å²) in [6.45, 7) is 3.05. The van der Waals surface area contributed by atoms with E-state index in [0.717, 1.165) is 22.9 Å². The van der Waals surface area contributed by atoms with E-state index in [4.69, 9.17) is 17.0 Å². The van der Waals surface area contributed by atoms with Crippen LogP contribution in [-0.4, -0.2) is 33.4 Å². The molecule has 32 heavy (non-hydrogen) atoms. The van der Waals surface area contributed by atoms with Gasteiger partial charge in [0, 0.05) is 17.4 Å². The van der Waals surface area contributed by atoms with Crippen molar-refractivity contribution in [2.45, 2.75) is 26.3 Å². The predicted octanol–water partition coefficient (Wildman–Crippen LogP) is 4.78. The molecule has 0 atom stereocenters. The van der Waals surface area contributed by atoms with E-state index in [1.807, 2.05) is 25.3 Å². The molecule has 0 aliphatic heterocycles. The summed E-state index contributed by atoms with van der Waals surface area (Å²) in [4.78, 5) is 24.4. The summed E-state index contributed by atoms with van der Waals surface area (Å²) < 4.78 is 7.90. The Balaban J connectivity index is 1.50. The fourth-order valence-corrected chi connectivity index (χ4v) is 3.33. The predicted molar refractivity (Wildman–Crippen MR) is 131 cm³/mol. The Morgan fingerprint density at radius 1 is 1.09 bits per heavy atom. The largest absolute Gasteiger partial charge is 0.462 e. The number of carbonyl (C=O) groups is 2. The first-order valence-electron chi connectivity index (χ1n) is 10.1. The molecule has 9 heteroatoms. The molecule has 3 rings (SSSR count). The van der Waals surface area contributed by atoms with Crippen molar-refractivity contribution < 1.29 is 14.3 Å². The molecule has 0 aliphatic rings.